The lowest BCUT2D eigenvalue weighted by Gasteiger charge is -2.21. The second kappa shape index (κ2) is 5.13. The topological polar surface area (TPSA) is 60.6 Å². The van der Waals surface area contributed by atoms with E-state index in [-0.39, 0.29) is 5.54 Å². The van der Waals surface area contributed by atoms with Gasteiger partial charge in [-0.05, 0) is 27.7 Å². The van der Waals surface area contributed by atoms with E-state index in [9.17, 15) is 0 Å². The van der Waals surface area contributed by atoms with Gasteiger partial charge in [-0.2, -0.15) is 5.10 Å². The molecular weight excluding hydrogens is 240 g/mol. The smallest absolute Gasteiger partial charge is 0.146 e. The Kier molecular flexibility index (Phi) is 3.71. The normalized spacial score (nSPS) is 12.1. The van der Waals surface area contributed by atoms with E-state index in [1.54, 1.807) is 11.0 Å². The van der Waals surface area contributed by atoms with Gasteiger partial charge in [-0.1, -0.05) is 0 Å². The monoisotopic (exact) mass is 262 g/mol. The highest BCUT2D eigenvalue weighted by molar-refractivity contribution is 5.07. The fourth-order valence-electron chi connectivity index (χ4n) is 1.83. The van der Waals surface area contributed by atoms with Crippen molar-refractivity contribution in [2.24, 2.45) is 7.05 Å². The summed E-state index contributed by atoms with van der Waals surface area (Å²) in [5.74, 6) is 1.92. The van der Waals surface area contributed by atoms with Gasteiger partial charge in [-0.3, -0.25) is 4.68 Å². The molecule has 0 unspecified atom stereocenters. The van der Waals surface area contributed by atoms with Gasteiger partial charge in [0.2, 0.25) is 0 Å². The van der Waals surface area contributed by atoms with Gasteiger partial charge in [-0.15, -0.1) is 0 Å². The van der Waals surface area contributed by atoms with Crippen LogP contribution in [0.3, 0.4) is 0 Å². The van der Waals surface area contributed by atoms with E-state index in [0.29, 0.717) is 6.54 Å². The van der Waals surface area contributed by atoms with Crippen LogP contribution in [-0.2, 0) is 20.1 Å². The highest BCUT2D eigenvalue weighted by Gasteiger charge is 2.13. The van der Waals surface area contributed by atoms with Crippen molar-refractivity contribution in [2.45, 2.75) is 46.3 Å². The van der Waals surface area contributed by atoms with Crippen LogP contribution in [0, 0.1) is 6.92 Å². The summed E-state index contributed by atoms with van der Waals surface area (Å²) in [6, 6.07) is 0. The SMILES string of the molecule is Cc1ncc(CNC(C)(C)C)n1Cc1ncnn1C. The summed E-state index contributed by atoms with van der Waals surface area (Å²) in [5.41, 5.74) is 1.25. The molecular formula is C13H22N6. The number of hydrogen-bond donors (Lipinski definition) is 1. The van der Waals surface area contributed by atoms with Crippen LogP contribution < -0.4 is 5.32 Å². The van der Waals surface area contributed by atoms with Crippen LogP contribution in [0.1, 0.15) is 38.1 Å². The summed E-state index contributed by atoms with van der Waals surface area (Å²) in [4.78, 5) is 8.66. The third-order valence-corrected chi connectivity index (χ3v) is 3.04. The van der Waals surface area contributed by atoms with E-state index in [2.05, 4.69) is 45.7 Å². The molecule has 0 bridgehead atoms. The zero-order chi connectivity index (χ0) is 14.0. The molecule has 1 N–H and O–H groups in total. The van der Waals surface area contributed by atoms with Gasteiger partial charge in [-0.25, -0.2) is 9.97 Å². The van der Waals surface area contributed by atoms with E-state index >= 15 is 0 Å². The molecule has 19 heavy (non-hydrogen) atoms. The minimum absolute atomic E-state index is 0.0911. The van der Waals surface area contributed by atoms with E-state index in [0.717, 1.165) is 23.9 Å². The molecule has 2 aromatic rings. The number of imidazole rings is 1. The van der Waals surface area contributed by atoms with Crippen LogP contribution in [0.4, 0.5) is 0 Å². The van der Waals surface area contributed by atoms with Crippen molar-refractivity contribution in [1.82, 2.24) is 29.6 Å². The molecule has 2 aromatic heterocycles. The maximum atomic E-state index is 4.39. The number of aryl methyl sites for hydroxylation is 2. The van der Waals surface area contributed by atoms with Crippen LogP contribution in [0.5, 0.6) is 0 Å². The van der Waals surface area contributed by atoms with Crippen molar-refractivity contribution in [2.75, 3.05) is 0 Å². The number of aromatic nitrogens is 5. The Morgan fingerprint density at radius 2 is 2.00 bits per heavy atom. The van der Waals surface area contributed by atoms with Crippen molar-refractivity contribution in [1.29, 1.82) is 0 Å². The molecule has 0 saturated carbocycles. The Morgan fingerprint density at radius 1 is 1.26 bits per heavy atom. The minimum atomic E-state index is 0.0911. The number of hydrogen-bond acceptors (Lipinski definition) is 4. The summed E-state index contributed by atoms with van der Waals surface area (Å²) < 4.78 is 3.96. The zero-order valence-corrected chi connectivity index (χ0v) is 12.3. The Balaban J connectivity index is 2.16. The zero-order valence-electron chi connectivity index (χ0n) is 12.3. The summed E-state index contributed by atoms with van der Waals surface area (Å²) in [6.45, 7) is 9.97. The lowest BCUT2D eigenvalue weighted by molar-refractivity contribution is 0.415. The Hall–Kier alpha value is -1.69. The average molecular weight is 262 g/mol. The van der Waals surface area contributed by atoms with Crippen molar-refractivity contribution in [3.05, 3.63) is 29.9 Å². The predicted octanol–water partition coefficient (Wildman–Crippen LogP) is 1.26. The molecule has 2 heterocycles. The van der Waals surface area contributed by atoms with Crippen molar-refractivity contribution >= 4 is 0 Å². The first-order chi connectivity index (χ1) is 8.87. The molecule has 0 atom stereocenters. The lowest BCUT2D eigenvalue weighted by Crippen LogP contribution is -2.35. The van der Waals surface area contributed by atoms with Crippen molar-refractivity contribution in [3.8, 4) is 0 Å². The first-order valence-corrected chi connectivity index (χ1v) is 6.46. The highest BCUT2D eigenvalue weighted by Crippen LogP contribution is 2.09. The van der Waals surface area contributed by atoms with E-state index < -0.39 is 0 Å². The standard InChI is InChI=1S/C13H22N6/c1-10-14-6-11(7-16-13(2,3)4)19(10)8-12-15-9-17-18(12)5/h6,9,16H,7-8H2,1-5H3. The Morgan fingerprint density at radius 3 is 2.58 bits per heavy atom. The fourth-order valence-corrected chi connectivity index (χ4v) is 1.83. The molecule has 6 nitrogen and oxygen atoms in total. The molecule has 6 heteroatoms. The van der Waals surface area contributed by atoms with E-state index in [1.807, 2.05) is 20.2 Å². The average Bonchev–Trinajstić information content (AvgIpc) is 2.85. The number of nitrogens with one attached hydrogen (secondary N) is 1. The van der Waals surface area contributed by atoms with Crippen LogP contribution in [0.2, 0.25) is 0 Å². The summed E-state index contributed by atoms with van der Waals surface area (Å²) in [5, 5.41) is 7.58. The summed E-state index contributed by atoms with van der Waals surface area (Å²) >= 11 is 0. The molecule has 0 aliphatic rings. The third kappa shape index (κ3) is 3.41. The largest absolute Gasteiger partial charge is 0.323 e. The van der Waals surface area contributed by atoms with Crippen LogP contribution in [-0.4, -0.2) is 29.9 Å². The first-order valence-electron chi connectivity index (χ1n) is 6.46. The van der Waals surface area contributed by atoms with Gasteiger partial charge in [0, 0.05) is 25.3 Å². The maximum absolute atomic E-state index is 4.39. The minimum Gasteiger partial charge on any atom is -0.323 e. The number of nitrogens with zero attached hydrogens (tertiary/aromatic N) is 5. The number of rotatable bonds is 4. The van der Waals surface area contributed by atoms with Crippen molar-refractivity contribution < 1.29 is 0 Å². The predicted molar refractivity (Wildman–Crippen MR) is 73.7 cm³/mol. The molecule has 0 aliphatic carbocycles. The summed E-state index contributed by atoms with van der Waals surface area (Å²) in [7, 11) is 1.90. The lowest BCUT2D eigenvalue weighted by atomic mass is 10.1. The second-order valence-corrected chi connectivity index (χ2v) is 5.79. The van der Waals surface area contributed by atoms with Gasteiger partial charge >= 0.3 is 0 Å². The molecule has 0 saturated heterocycles. The molecule has 0 amide bonds. The van der Waals surface area contributed by atoms with Gasteiger partial charge in [0.1, 0.15) is 18.0 Å². The Labute approximate surface area is 113 Å². The highest BCUT2D eigenvalue weighted by atomic mass is 15.3. The van der Waals surface area contributed by atoms with Gasteiger partial charge in [0.25, 0.3) is 0 Å². The van der Waals surface area contributed by atoms with Crippen molar-refractivity contribution in [3.63, 3.8) is 0 Å². The van der Waals surface area contributed by atoms with Crippen LogP contribution in [0.15, 0.2) is 12.5 Å². The maximum Gasteiger partial charge on any atom is 0.146 e. The Bertz CT molecular complexity index is 546. The molecule has 0 aromatic carbocycles. The molecule has 0 fully saturated rings. The van der Waals surface area contributed by atoms with Crippen LogP contribution >= 0.6 is 0 Å². The fraction of sp³-hybridized carbons (Fsp3) is 0.615. The molecule has 2 rings (SSSR count). The van der Waals surface area contributed by atoms with Gasteiger partial charge in [0.15, 0.2) is 0 Å². The molecule has 0 spiro atoms. The second-order valence-electron chi connectivity index (χ2n) is 5.79. The molecule has 104 valence electrons. The molecule has 0 aliphatic heterocycles. The first kappa shape index (κ1) is 13.7. The van der Waals surface area contributed by atoms with Gasteiger partial charge in [0.05, 0.1) is 12.2 Å². The summed E-state index contributed by atoms with van der Waals surface area (Å²) in [6.07, 6.45) is 3.50. The third-order valence-electron chi connectivity index (χ3n) is 3.04. The van der Waals surface area contributed by atoms with E-state index in [1.165, 1.54) is 0 Å². The molecule has 0 radical (unpaired) electrons. The van der Waals surface area contributed by atoms with Gasteiger partial charge < -0.3 is 9.88 Å². The van der Waals surface area contributed by atoms with E-state index in [4.69, 9.17) is 0 Å². The quantitative estimate of drug-likeness (QED) is 0.901. The van der Waals surface area contributed by atoms with Crippen LogP contribution in [0.25, 0.3) is 0 Å².